The molecule has 0 bridgehead atoms. The molecule has 6 nitrogen and oxygen atoms in total. The van der Waals surface area contributed by atoms with Crippen LogP contribution in [-0.4, -0.2) is 41.4 Å². The van der Waals surface area contributed by atoms with E-state index in [0.717, 1.165) is 59.7 Å². The van der Waals surface area contributed by atoms with Crippen molar-refractivity contribution >= 4 is 17.4 Å². The Kier molecular flexibility index (Phi) is 29.8. The van der Waals surface area contributed by atoms with Gasteiger partial charge in [-0.1, -0.05) is 137 Å². The van der Waals surface area contributed by atoms with Gasteiger partial charge < -0.3 is 14.2 Å². The fourth-order valence-electron chi connectivity index (χ4n) is 3.99. The van der Waals surface area contributed by atoms with E-state index in [1.54, 1.807) is 19.3 Å². The third-order valence-corrected chi connectivity index (χ3v) is 7.59. The zero-order valence-corrected chi connectivity index (χ0v) is 36.5. The minimum absolute atomic E-state index is 0.0148. The summed E-state index contributed by atoms with van der Waals surface area (Å²) in [6, 6.07) is 8.17. The lowest BCUT2D eigenvalue weighted by atomic mass is 9.99. The molecule has 1 aromatic carbocycles. The van der Waals surface area contributed by atoms with E-state index in [4.69, 9.17) is 19.2 Å². The van der Waals surface area contributed by atoms with Crippen LogP contribution < -0.4 is 9.47 Å². The third kappa shape index (κ3) is 21.3. The first kappa shape index (κ1) is 52.5. The zero-order chi connectivity index (χ0) is 41.7. The second-order valence-electron chi connectivity index (χ2n) is 13.0. The van der Waals surface area contributed by atoms with Gasteiger partial charge in [-0.15, -0.1) is 0 Å². The van der Waals surface area contributed by atoms with E-state index in [9.17, 15) is 8.78 Å². The van der Waals surface area contributed by atoms with Gasteiger partial charge in [0.1, 0.15) is 12.7 Å². The lowest BCUT2D eigenvalue weighted by Crippen LogP contribution is -2.38. The molecule has 1 saturated carbocycles. The highest BCUT2D eigenvalue weighted by Crippen LogP contribution is 2.44. The van der Waals surface area contributed by atoms with Crippen molar-refractivity contribution < 1.29 is 23.0 Å². The summed E-state index contributed by atoms with van der Waals surface area (Å²) < 4.78 is 41.6. The predicted octanol–water partition coefficient (Wildman–Crippen LogP) is 14.3. The van der Waals surface area contributed by atoms with Crippen LogP contribution in [0.4, 0.5) is 8.78 Å². The number of allylic oxidation sites excluding steroid dienone is 6. The molecule has 4 rings (SSSR count). The van der Waals surface area contributed by atoms with Crippen LogP contribution in [0.2, 0.25) is 0 Å². The Morgan fingerprint density at radius 2 is 1.48 bits per heavy atom. The quantitative estimate of drug-likeness (QED) is 0.116. The molecule has 0 N–H and O–H groups in total. The predicted molar refractivity (Wildman–Crippen MR) is 230 cm³/mol. The second kappa shape index (κ2) is 30.7. The largest absolute Gasteiger partial charge is 0.479 e. The van der Waals surface area contributed by atoms with Gasteiger partial charge in [0.2, 0.25) is 5.75 Å². The summed E-state index contributed by atoms with van der Waals surface area (Å²) in [4.78, 5) is 14.1. The average Bonchev–Trinajstić information content (AvgIpc) is 4.00. The van der Waals surface area contributed by atoms with E-state index >= 15 is 0 Å². The molecule has 1 aliphatic heterocycles. The maximum atomic E-state index is 12.0. The van der Waals surface area contributed by atoms with Crippen LogP contribution in [0.1, 0.15) is 159 Å². The maximum absolute atomic E-state index is 12.0. The van der Waals surface area contributed by atoms with E-state index < -0.39 is 5.92 Å². The molecule has 2 aromatic rings. The van der Waals surface area contributed by atoms with Crippen LogP contribution in [0.25, 0.3) is 11.1 Å². The van der Waals surface area contributed by atoms with Gasteiger partial charge in [0.25, 0.3) is 11.8 Å². The lowest BCUT2D eigenvalue weighted by molar-refractivity contribution is -0.0808. The van der Waals surface area contributed by atoms with Crippen molar-refractivity contribution in [3.63, 3.8) is 0 Å². The number of hydrogen-bond acceptors (Lipinski definition) is 6. The van der Waals surface area contributed by atoms with Gasteiger partial charge >= 0.3 is 0 Å². The molecule has 0 spiro atoms. The average molecular weight is 756 g/mol. The van der Waals surface area contributed by atoms with Crippen molar-refractivity contribution in [2.45, 2.75) is 161 Å². The molecule has 1 aromatic heterocycles. The molecule has 54 heavy (non-hydrogen) atoms. The molecular formula is C46H75F2N3O3. The number of benzene rings is 1. The van der Waals surface area contributed by atoms with Gasteiger partial charge in [0.05, 0.1) is 25.1 Å². The van der Waals surface area contributed by atoms with E-state index in [1.807, 2.05) is 52.0 Å². The molecule has 0 unspecified atom stereocenters. The minimum Gasteiger partial charge on any atom is -0.479 e. The summed E-state index contributed by atoms with van der Waals surface area (Å²) in [5, 5.41) is 0. The summed E-state index contributed by atoms with van der Waals surface area (Å²) >= 11 is 0. The highest BCUT2D eigenvalue weighted by molar-refractivity contribution is 5.79. The van der Waals surface area contributed by atoms with Crippen molar-refractivity contribution in [2.24, 2.45) is 10.9 Å². The topological polar surface area (TPSA) is 65.8 Å². The Morgan fingerprint density at radius 1 is 0.944 bits per heavy atom. The normalized spacial score (nSPS) is 14.0. The first-order chi connectivity index (χ1) is 25.7. The minimum atomic E-state index is -2.63. The smallest absolute Gasteiger partial charge is 0.266 e. The molecule has 2 aliphatic rings. The van der Waals surface area contributed by atoms with Crippen molar-refractivity contribution in [1.29, 1.82) is 0 Å². The summed E-state index contributed by atoms with van der Waals surface area (Å²) in [7, 11) is 0. The number of ether oxygens (including phenoxy) is 3. The first-order valence-corrected chi connectivity index (χ1v) is 20.1. The van der Waals surface area contributed by atoms with E-state index in [2.05, 4.69) is 71.6 Å². The van der Waals surface area contributed by atoms with Crippen molar-refractivity contribution in [3.05, 3.63) is 83.5 Å². The van der Waals surface area contributed by atoms with Gasteiger partial charge in [-0.2, -0.15) is 4.98 Å². The van der Waals surface area contributed by atoms with Gasteiger partial charge in [-0.05, 0) is 75.1 Å². The molecule has 0 amide bonds. The molecule has 2 fully saturated rings. The number of aromatic nitrogens is 2. The Hall–Kier alpha value is -3.65. The highest BCUT2D eigenvalue weighted by atomic mass is 19.3. The number of unbranched alkanes of at least 4 members (excludes halogenated alkanes) is 1. The van der Waals surface area contributed by atoms with Crippen LogP contribution in [0.3, 0.4) is 0 Å². The third-order valence-electron chi connectivity index (χ3n) is 7.59. The van der Waals surface area contributed by atoms with Crippen LogP contribution in [0.5, 0.6) is 11.6 Å². The summed E-state index contributed by atoms with van der Waals surface area (Å²) in [5.74, 6) is -0.660. The van der Waals surface area contributed by atoms with Crippen LogP contribution in [-0.2, 0) is 11.3 Å². The number of rotatable bonds is 13. The molecule has 1 saturated heterocycles. The van der Waals surface area contributed by atoms with Crippen LogP contribution in [0, 0.1) is 5.92 Å². The molecule has 8 heteroatoms. The Bertz CT molecular complexity index is 1400. The van der Waals surface area contributed by atoms with E-state index in [1.165, 1.54) is 38.7 Å². The SMILES string of the molecule is C/C=C(\C)C(C)(F)F.C=C(C)c1ccc(COc2nc(/C(C(=C)C3CC3)=C(\CC)N=CC)ncc2OC2COC2)cc1.CC.CCC.CCC.CCCC. The fraction of sp³-hybridized carbons (Fsp3) is 0.587. The highest BCUT2D eigenvalue weighted by Gasteiger charge is 2.31. The van der Waals surface area contributed by atoms with Gasteiger partial charge in [0, 0.05) is 18.7 Å². The first-order valence-electron chi connectivity index (χ1n) is 20.1. The number of hydrogen-bond donors (Lipinski definition) is 0. The molecule has 1 aliphatic carbocycles. The Labute approximate surface area is 329 Å². The summed E-state index contributed by atoms with van der Waals surface area (Å²) in [5.41, 5.74) is 6.19. The van der Waals surface area contributed by atoms with Gasteiger partial charge in [0.15, 0.2) is 5.82 Å². The molecular weight excluding hydrogens is 681 g/mol. The fourth-order valence-corrected chi connectivity index (χ4v) is 3.99. The molecule has 2 heterocycles. The number of halogens is 2. The molecule has 0 atom stereocenters. The molecule has 306 valence electrons. The van der Waals surface area contributed by atoms with Crippen LogP contribution >= 0.6 is 0 Å². The molecule has 0 radical (unpaired) electrons. The standard InChI is InChI=1S/C28H33N3O3.C6H10F2.C4H10.2C3H8.C2H6/c1-6-24(29-7-2)26(19(5)22-12-13-22)27-30-14-25(34-23-16-32-17-23)28(31-27)33-15-20-8-10-21(11-9-20)18(3)4;1-4-5(2)6(3,7)8;1-3-4-2;2*1-3-2;1-2/h7-11,14,22-23H,3,5-6,12-13,15-17H2,1-2,4H3;4H,1-3H3;3-4H2,1-2H3;2*3H2,1-2H3;1-2H3/b26-24+,29-7?;5-4+;;;;. The van der Waals surface area contributed by atoms with Crippen LogP contribution in [0.15, 0.2) is 71.5 Å². The Balaban J connectivity index is 0. The van der Waals surface area contributed by atoms with Crippen molar-refractivity contribution in [2.75, 3.05) is 13.2 Å². The summed E-state index contributed by atoms with van der Waals surface area (Å²) in [6.07, 6.45) is 13.1. The number of alkyl halides is 2. The maximum Gasteiger partial charge on any atom is 0.266 e. The van der Waals surface area contributed by atoms with E-state index in [0.29, 0.717) is 43.2 Å². The zero-order valence-electron chi connectivity index (χ0n) is 36.5. The van der Waals surface area contributed by atoms with E-state index in [-0.39, 0.29) is 11.7 Å². The number of aliphatic imine (C=N–C) groups is 1. The Morgan fingerprint density at radius 3 is 1.83 bits per heavy atom. The monoisotopic (exact) mass is 756 g/mol. The van der Waals surface area contributed by atoms with Gasteiger partial charge in [-0.25, -0.2) is 13.8 Å². The number of nitrogens with zero attached hydrogens (tertiary/aromatic N) is 3. The van der Waals surface area contributed by atoms with Crippen molar-refractivity contribution in [1.82, 2.24) is 9.97 Å². The lowest BCUT2D eigenvalue weighted by Gasteiger charge is -2.27. The van der Waals surface area contributed by atoms with Crippen molar-refractivity contribution in [3.8, 4) is 11.6 Å². The van der Waals surface area contributed by atoms with Gasteiger partial charge in [-0.3, -0.25) is 4.99 Å². The second-order valence-corrected chi connectivity index (χ2v) is 13.0. The summed E-state index contributed by atoms with van der Waals surface area (Å²) in [6.45, 7) is 36.6.